The van der Waals surface area contributed by atoms with Crippen molar-refractivity contribution in [3.63, 3.8) is 0 Å². The van der Waals surface area contributed by atoms with E-state index in [1.165, 1.54) is 12.4 Å². The number of nitrogens with zero attached hydrogens (tertiary/aromatic N) is 4. The van der Waals surface area contributed by atoms with Crippen LogP contribution < -0.4 is 10.6 Å². The first-order chi connectivity index (χ1) is 10.1. The summed E-state index contributed by atoms with van der Waals surface area (Å²) >= 11 is 0. The van der Waals surface area contributed by atoms with E-state index < -0.39 is 0 Å². The highest BCUT2D eigenvalue weighted by molar-refractivity contribution is 6.01. The number of carbonyl (C=O) groups excluding carboxylic acids is 1. The van der Waals surface area contributed by atoms with Gasteiger partial charge in [-0.2, -0.15) is 0 Å². The number of aryl methyl sites for hydroxylation is 2. The van der Waals surface area contributed by atoms with E-state index in [1.807, 2.05) is 19.9 Å². The molecule has 7 heteroatoms. The number of rotatable bonds is 5. The Morgan fingerprint density at radius 3 is 2.43 bits per heavy atom. The molecule has 0 bridgehead atoms. The molecule has 0 aliphatic rings. The van der Waals surface area contributed by atoms with Crippen molar-refractivity contribution < 1.29 is 4.79 Å². The van der Waals surface area contributed by atoms with Crippen LogP contribution in [-0.2, 0) is 0 Å². The summed E-state index contributed by atoms with van der Waals surface area (Å²) in [6, 6.07) is 1.84. The van der Waals surface area contributed by atoms with Gasteiger partial charge in [-0.15, -0.1) is 0 Å². The third kappa shape index (κ3) is 4.20. The van der Waals surface area contributed by atoms with Gasteiger partial charge in [0.15, 0.2) is 0 Å². The third-order valence-corrected chi connectivity index (χ3v) is 2.65. The second-order valence-corrected chi connectivity index (χ2v) is 4.64. The van der Waals surface area contributed by atoms with Crippen LogP contribution in [-0.4, -0.2) is 32.4 Å². The second-order valence-electron chi connectivity index (χ2n) is 4.64. The number of amides is 1. The van der Waals surface area contributed by atoms with Crippen molar-refractivity contribution in [2.45, 2.75) is 27.2 Å². The molecule has 110 valence electrons. The number of hydrogen-bond acceptors (Lipinski definition) is 6. The van der Waals surface area contributed by atoms with Crippen molar-refractivity contribution in [2.75, 3.05) is 17.2 Å². The molecule has 2 aromatic heterocycles. The molecule has 0 unspecified atom stereocenters. The van der Waals surface area contributed by atoms with Crippen molar-refractivity contribution in [2.24, 2.45) is 0 Å². The molecule has 0 radical (unpaired) electrons. The number of aromatic nitrogens is 4. The zero-order valence-electron chi connectivity index (χ0n) is 12.3. The van der Waals surface area contributed by atoms with Crippen LogP contribution in [0.25, 0.3) is 0 Å². The van der Waals surface area contributed by atoms with Crippen LogP contribution >= 0.6 is 0 Å². The minimum Gasteiger partial charge on any atom is -0.369 e. The summed E-state index contributed by atoms with van der Waals surface area (Å²) in [4.78, 5) is 28.6. The monoisotopic (exact) mass is 286 g/mol. The molecule has 2 N–H and O–H groups in total. The van der Waals surface area contributed by atoms with Crippen LogP contribution in [0.4, 0.5) is 11.8 Å². The Labute approximate surface area is 123 Å². The summed E-state index contributed by atoms with van der Waals surface area (Å²) in [6.07, 6.45) is 3.96. The molecular weight excluding hydrogens is 268 g/mol. The van der Waals surface area contributed by atoms with Crippen molar-refractivity contribution in [1.82, 2.24) is 19.9 Å². The van der Waals surface area contributed by atoms with E-state index >= 15 is 0 Å². The molecule has 0 aromatic carbocycles. The van der Waals surface area contributed by atoms with E-state index in [0.717, 1.165) is 24.4 Å². The first kappa shape index (κ1) is 14.8. The van der Waals surface area contributed by atoms with Crippen molar-refractivity contribution >= 4 is 17.7 Å². The average molecular weight is 286 g/mol. The molecule has 2 heterocycles. The highest BCUT2D eigenvalue weighted by Crippen LogP contribution is 2.06. The molecule has 0 saturated carbocycles. The van der Waals surface area contributed by atoms with Gasteiger partial charge < -0.3 is 5.32 Å². The first-order valence-corrected chi connectivity index (χ1v) is 6.78. The van der Waals surface area contributed by atoms with Gasteiger partial charge in [-0.05, 0) is 26.3 Å². The van der Waals surface area contributed by atoms with Crippen LogP contribution in [0.2, 0.25) is 0 Å². The van der Waals surface area contributed by atoms with E-state index in [9.17, 15) is 4.79 Å². The summed E-state index contributed by atoms with van der Waals surface area (Å²) in [7, 11) is 0. The molecule has 0 saturated heterocycles. The highest BCUT2D eigenvalue weighted by atomic mass is 16.2. The summed E-state index contributed by atoms with van der Waals surface area (Å²) in [6.45, 7) is 6.57. The minimum absolute atomic E-state index is 0.222. The molecule has 0 aliphatic carbocycles. The Morgan fingerprint density at radius 1 is 1.14 bits per heavy atom. The van der Waals surface area contributed by atoms with E-state index in [2.05, 4.69) is 37.5 Å². The number of carbonyl (C=O) groups is 1. The Hall–Kier alpha value is -2.57. The van der Waals surface area contributed by atoms with E-state index in [-0.39, 0.29) is 17.5 Å². The fourth-order valence-corrected chi connectivity index (χ4v) is 1.74. The van der Waals surface area contributed by atoms with Gasteiger partial charge in [-0.1, -0.05) is 6.92 Å². The second kappa shape index (κ2) is 6.74. The van der Waals surface area contributed by atoms with Crippen LogP contribution in [0.5, 0.6) is 0 Å². The van der Waals surface area contributed by atoms with E-state index in [1.54, 1.807) is 0 Å². The lowest BCUT2D eigenvalue weighted by Crippen LogP contribution is -2.17. The van der Waals surface area contributed by atoms with Gasteiger partial charge >= 0.3 is 0 Å². The molecule has 0 atom stereocenters. The zero-order chi connectivity index (χ0) is 15.2. The van der Waals surface area contributed by atoms with E-state index in [0.29, 0.717) is 5.82 Å². The summed E-state index contributed by atoms with van der Waals surface area (Å²) in [5.41, 5.74) is 1.81. The molecule has 0 fully saturated rings. The van der Waals surface area contributed by atoms with Crippen LogP contribution in [0, 0.1) is 13.8 Å². The lowest BCUT2D eigenvalue weighted by molar-refractivity contribution is 0.102. The number of nitrogens with one attached hydrogen (secondary N) is 2. The maximum Gasteiger partial charge on any atom is 0.278 e. The summed E-state index contributed by atoms with van der Waals surface area (Å²) in [5.74, 6) is 0.540. The molecule has 2 rings (SSSR count). The lowest BCUT2D eigenvalue weighted by atomic mass is 10.3. The highest BCUT2D eigenvalue weighted by Gasteiger charge is 2.10. The molecule has 1 amide bonds. The summed E-state index contributed by atoms with van der Waals surface area (Å²) in [5, 5.41) is 5.71. The Balaban J connectivity index is 2.06. The summed E-state index contributed by atoms with van der Waals surface area (Å²) < 4.78 is 0. The fourth-order valence-electron chi connectivity index (χ4n) is 1.74. The molecular formula is C14H18N6O. The first-order valence-electron chi connectivity index (χ1n) is 6.78. The predicted molar refractivity (Wildman–Crippen MR) is 80.3 cm³/mol. The van der Waals surface area contributed by atoms with Gasteiger partial charge in [0.05, 0.1) is 12.4 Å². The predicted octanol–water partition coefficient (Wildman–Crippen LogP) is 1.96. The van der Waals surface area contributed by atoms with E-state index in [4.69, 9.17) is 0 Å². The SMILES string of the molecule is CCCNc1cnc(C(=O)Nc2nc(C)cc(C)n2)cn1. The average Bonchev–Trinajstić information content (AvgIpc) is 2.44. The van der Waals surface area contributed by atoms with Gasteiger partial charge in [-0.25, -0.2) is 19.9 Å². The fraction of sp³-hybridized carbons (Fsp3) is 0.357. The van der Waals surface area contributed by atoms with Gasteiger partial charge in [0.1, 0.15) is 11.5 Å². The maximum absolute atomic E-state index is 12.0. The number of anilines is 2. The minimum atomic E-state index is -0.380. The Morgan fingerprint density at radius 2 is 1.86 bits per heavy atom. The smallest absolute Gasteiger partial charge is 0.278 e. The Bertz CT molecular complexity index is 606. The normalized spacial score (nSPS) is 10.2. The maximum atomic E-state index is 12.0. The molecule has 0 aliphatic heterocycles. The van der Waals surface area contributed by atoms with Crippen LogP contribution in [0.1, 0.15) is 35.2 Å². The van der Waals surface area contributed by atoms with Crippen LogP contribution in [0.3, 0.4) is 0 Å². The van der Waals surface area contributed by atoms with Crippen LogP contribution in [0.15, 0.2) is 18.5 Å². The van der Waals surface area contributed by atoms with Gasteiger partial charge in [0, 0.05) is 17.9 Å². The molecule has 21 heavy (non-hydrogen) atoms. The topological polar surface area (TPSA) is 92.7 Å². The zero-order valence-corrected chi connectivity index (χ0v) is 12.3. The molecule has 7 nitrogen and oxygen atoms in total. The Kier molecular flexibility index (Phi) is 4.76. The van der Waals surface area contributed by atoms with Gasteiger partial charge in [0.25, 0.3) is 5.91 Å². The lowest BCUT2D eigenvalue weighted by Gasteiger charge is -2.06. The molecule has 0 spiro atoms. The van der Waals surface area contributed by atoms with Crippen molar-refractivity contribution in [3.8, 4) is 0 Å². The molecule has 2 aromatic rings. The standard InChI is InChI=1S/C14H18N6O/c1-4-5-15-12-8-16-11(7-17-12)13(21)20-14-18-9(2)6-10(3)19-14/h6-8H,4-5H2,1-3H3,(H,15,17)(H,18,19,20,21). The third-order valence-electron chi connectivity index (χ3n) is 2.65. The van der Waals surface area contributed by atoms with Gasteiger partial charge in [0.2, 0.25) is 5.95 Å². The largest absolute Gasteiger partial charge is 0.369 e. The van der Waals surface area contributed by atoms with Crippen molar-refractivity contribution in [1.29, 1.82) is 0 Å². The van der Waals surface area contributed by atoms with Gasteiger partial charge in [-0.3, -0.25) is 10.1 Å². The quantitative estimate of drug-likeness (QED) is 0.872. The number of hydrogen-bond donors (Lipinski definition) is 2. The van der Waals surface area contributed by atoms with Crippen molar-refractivity contribution in [3.05, 3.63) is 35.5 Å².